The van der Waals surface area contributed by atoms with Gasteiger partial charge in [0, 0.05) is 16.1 Å². The summed E-state index contributed by atoms with van der Waals surface area (Å²) in [6, 6.07) is 21.1. The topological polar surface area (TPSA) is 46.0 Å². The second kappa shape index (κ2) is 6.06. The van der Waals surface area contributed by atoms with E-state index in [-0.39, 0.29) is 5.75 Å². The van der Waals surface area contributed by atoms with Crippen LogP contribution in [0.5, 0.6) is 5.75 Å². The lowest BCUT2D eigenvalue weighted by Gasteiger charge is -2.10. The lowest BCUT2D eigenvalue weighted by molar-refractivity contribution is 0.475. The van der Waals surface area contributed by atoms with E-state index in [1.165, 1.54) is 0 Å². The molecule has 0 atom stereocenters. The fourth-order valence-electron chi connectivity index (χ4n) is 2.72. The summed E-state index contributed by atoms with van der Waals surface area (Å²) in [6.45, 7) is 0. The number of nitrogens with zero attached hydrogens (tertiary/aromatic N) is 2. The molecular weight excluding hydrogens is 364 g/mol. The number of aromatic hydroxyl groups is 1. The van der Waals surface area contributed by atoms with Crippen LogP contribution < -0.4 is 0 Å². The summed E-state index contributed by atoms with van der Waals surface area (Å²) in [5, 5.41) is 10.6. The maximum atomic E-state index is 9.56. The zero-order chi connectivity index (χ0) is 16.5. The summed E-state index contributed by atoms with van der Waals surface area (Å²) in [5.41, 5.74) is 4.65. The number of fused-ring (bicyclic) bond motifs is 1. The van der Waals surface area contributed by atoms with E-state index < -0.39 is 0 Å². The second-order valence-corrected chi connectivity index (χ2v) is 6.39. The Morgan fingerprint density at radius 2 is 1.67 bits per heavy atom. The van der Waals surface area contributed by atoms with Crippen molar-refractivity contribution in [1.82, 2.24) is 9.97 Å². The van der Waals surface area contributed by atoms with Gasteiger partial charge in [-0.15, -0.1) is 0 Å². The molecule has 0 unspecified atom stereocenters. The lowest BCUT2D eigenvalue weighted by Crippen LogP contribution is -1.91. The van der Waals surface area contributed by atoms with Crippen LogP contribution in [-0.2, 0) is 0 Å². The van der Waals surface area contributed by atoms with Gasteiger partial charge in [0.25, 0.3) is 0 Å². The first-order valence-corrected chi connectivity index (χ1v) is 8.31. The van der Waals surface area contributed by atoms with Crippen molar-refractivity contribution in [1.29, 1.82) is 0 Å². The third-order valence-electron chi connectivity index (χ3n) is 3.88. The Hall–Kier alpha value is -2.72. The van der Waals surface area contributed by atoms with Crippen LogP contribution >= 0.6 is 15.9 Å². The molecule has 4 rings (SSSR count). The molecule has 0 aliphatic carbocycles. The van der Waals surface area contributed by atoms with Crippen molar-refractivity contribution in [3.8, 4) is 28.3 Å². The molecule has 0 aliphatic rings. The molecule has 0 saturated heterocycles. The fraction of sp³-hybridized carbons (Fsp3) is 0. The number of hydrogen-bond acceptors (Lipinski definition) is 3. The van der Waals surface area contributed by atoms with Crippen molar-refractivity contribution in [3.63, 3.8) is 0 Å². The van der Waals surface area contributed by atoms with Crippen molar-refractivity contribution >= 4 is 26.8 Å². The maximum Gasteiger partial charge on any atom is 0.115 e. The molecule has 0 radical (unpaired) electrons. The van der Waals surface area contributed by atoms with Gasteiger partial charge in [-0.05, 0) is 59.7 Å². The Kier molecular flexibility index (Phi) is 3.75. The smallest absolute Gasteiger partial charge is 0.115 e. The van der Waals surface area contributed by atoms with Crippen molar-refractivity contribution in [2.75, 3.05) is 0 Å². The maximum absolute atomic E-state index is 9.56. The van der Waals surface area contributed by atoms with Gasteiger partial charge < -0.3 is 5.11 Å². The lowest BCUT2D eigenvalue weighted by atomic mass is 9.99. The number of hydrogen-bond donors (Lipinski definition) is 1. The van der Waals surface area contributed by atoms with Crippen molar-refractivity contribution in [2.45, 2.75) is 0 Å². The monoisotopic (exact) mass is 376 g/mol. The molecular formula is C20H13BrN2O. The van der Waals surface area contributed by atoms with Gasteiger partial charge in [-0.2, -0.15) is 0 Å². The third-order valence-corrected chi connectivity index (χ3v) is 4.37. The molecule has 2 aromatic heterocycles. The number of rotatable bonds is 2. The zero-order valence-corrected chi connectivity index (χ0v) is 14.2. The third kappa shape index (κ3) is 2.76. The molecule has 0 fully saturated rings. The van der Waals surface area contributed by atoms with E-state index >= 15 is 0 Å². The highest BCUT2D eigenvalue weighted by atomic mass is 79.9. The van der Waals surface area contributed by atoms with E-state index in [4.69, 9.17) is 4.98 Å². The molecule has 0 bridgehead atoms. The van der Waals surface area contributed by atoms with Crippen LogP contribution in [0.1, 0.15) is 0 Å². The zero-order valence-electron chi connectivity index (χ0n) is 12.6. The van der Waals surface area contributed by atoms with E-state index in [2.05, 4.69) is 27.0 Å². The number of phenols is 1. The minimum atomic E-state index is 0.253. The van der Waals surface area contributed by atoms with Crippen LogP contribution in [0.2, 0.25) is 0 Å². The number of aromatic nitrogens is 2. The van der Waals surface area contributed by atoms with Gasteiger partial charge in [-0.3, -0.25) is 4.98 Å². The van der Waals surface area contributed by atoms with Crippen LogP contribution in [0, 0.1) is 0 Å². The second-order valence-electron chi connectivity index (χ2n) is 5.48. The molecule has 0 amide bonds. The molecule has 0 saturated carbocycles. The average molecular weight is 377 g/mol. The van der Waals surface area contributed by atoms with E-state index in [0.29, 0.717) is 0 Å². The molecule has 0 aliphatic heterocycles. The number of pyridine rings is 2. The first-order valence-electron chi connectivity index (χ1n) is 7.52. The summed E-state index contributed by atoms with van der Waals surface area (Å²) in [6.07, 6.45) is 1.77. The fourth-order valence-corrected chi connectivity index (χ4v) is 3.08. The van der Waals surface area contributed by atoms with Gasteiger partial charge in [0.1, 0.15) is 5.75 Å². The Balaban J connectivity index is 2.01. The molecule has 0 spiro atoms. The van der Waals surface area contributed by atoms with Gasteiger partial charge in [0.15, 0.2) is 0 Å². The Bertz CT molecular complexity index is 1010. The number of halogens is 1. The molecule has 4 aromatic rings. The highest BCUT2D eigenvalue weighted by Crippen LogP contribution is 2.33. The largest absolute Gasteiger partial charge is 0.508 e. The molecule has 4 heteroatoms. The summed E-state index contributed by atoms with van der Waals surface area (Å²) in [7, 11) is 0. The minimum absolute atomic E-state index is 0.253. The first-order chi connectivity index (χ1) is 11.7. The van der Waals surface area contributed by atoms with E-state index in [1.54, 1.807) is 18.3 Å². The summed E-state index contributed by atoms with van der Waals surface area (Å²) >= 11 is 3.53. The van der Waals surface area contributed by atoms with Crippen LogP contribution in [0.4, 0.5) is 0 Å². The van der Waals surface area contributed by atoms with Crippen molar-refractivity contribution in [2.24, 2.45) is 0 Å². The molecule has 3 nitrogen and oxygen atoms in total. The Morgan fingerprint density at radius 3 is 2.42 bits per heavy atom. The van der Waals surface area contributed by atoms with Gasteiger partial charge in [0.05, 0.1) is 16.9 Å². The first kappa shape index (κ1) is 14.8. The molecule has 1 N–H and O–H groups in total. The van der Waals surface area contributed by atoms with Crippen molar-refractivity contribution in [3.05, 3.63) is 77.4 Å². The van der Waals surface area contributed by atoms with E-state index in [9.17, 15) is 5.11 Å². The SMILES string of the molecule is Oc1ccc(-c2cc(-c3ccccn3)nc3ccc(Br)cc23)cc1. The summed E-state index contributed by atoms with van der Waals surface area (Å²) in [4.78, 5) is 9.17. The minimum Gasteiger partial charge on any atom is -0.508 e. The standard InChI is InChI=1S/C20H13BrN2O/c21-14-6-9-18-17(11-14)16(13-4-7-15(24)8-5-13)12-20(23-18)19-3-1-2-10-22-19/h1-12,24H. The van der Waals surface area contributed by atoms with Crippen LogP contribution in [0.15, 0.2) is 77.4 Å². The number of phenolic OH excluding ortho intramolecular Hbond substituents is 1. The molecule has 116 valence electrons. The van der Waals surface area contributed by atoms with Crippen LogP contribution in [-0.4, -0.2) is 15.1 Å². The van der Waals surface area contributed by atoms with Crippen LogP contribution in [0.25, 0.3) is 33.4 Å². The Morgan fingerprint density at radius 1 is 0.833 bits per heavy atom. The highest BCUT2D eigenvalue weighted by Gasteiger charge is 2.10. The van der Waals surface area contributed by atoms with Gasteiger partial charge >= 0.3 is 0 Å². The van der Waals surface area contributed by atoms with Crippen LogP contribution in [0.3, 0.4) is 0 Å². The van der Waals surface area contributed by atoms with Gasteiger partial charge in [-0.25, -0.2) is 4.98 Å². The molecule has 2 heterocycles. The quantitative estimate of drug-likeness (QED) is 0.507. The molecule has 2 aromatic carbocycles. The number of benzene rings is 2. The highest BCUT2D eigenvalue weighted by molar-refractivity contribution is 9.10. The van der Waals surface area contributed by atoms with Crippen molar-refractivity contribution < 1.29 is 5.11 Å². The average Bonchev–Trinajstić information content (AvgIpc) is 2.62. The van der Waals surface area contributed by atoms with Gasteiger partial charge in [-0.1, -0.05) is 34.1 Å². The van der Waals surface area contributed by atoms with Gasteiger partial charge in [0.2, 0.25) is 0 Å². The summed E-state index contributed by atoms with van der Waals surface area (Å²) in [5.74, 6) is 0.253. The predicted molar refractivity (Wildman–Crippen MR) is 99.8 cm³/mol. The summed E-state index contributed by atoms with van der Waals surface area (Å²) < 4.78 is 1.00. The molecule has 24 heavy (non-hydrogen) atoms. The normalized spacial score (nSPS) is 10.9. The van der Waals surface area contributed by atoms with E-state index in [1.807, 2.05) is 48.5 Å². The predicted octanol–water partition coefficient (Wildman–Crippen LogP) is 5.43. The Labute approximate surface area is 147 Å². The van der Waals surface area contributed by atoms with E-state index in [0.717, 1.165) is 37.9 Å².